The molecule has 0 saturated heterocycles. The number of hydrogen-bond acceptors (Lipinski definition) is 3. The highest BCUT2D eigenvalue weighted by Gasteiger charge is 2.39. The summed E-state index contributed by atoms with van der Waals surface area (Å²) in [6.45, 7) is 10.8. The van der Waals surface area contributed by atoms with Crippen LogP contribution in [0.5, 0.6) is 0 Å². The van der Waals surface area contributed by atoms with Crippen LogP contribution in [0.3, 0.4) is 0 Å². The van der Waals surface area contributed by atoms with Crippen LogP contribution in [0.2, 0.25) is 5.15 Å². The van der Waals surface area contributed by atoms with Crippen LogP contribution >= 0.6 is 11.6 Å². The van der Waals surface area contributed by atoms with E-state index in [0.29, 0.717) is 24.0 Å². The van der Waals surface area contributed by atoms with Crippen molar-refractivity contribution in [1.82, 2.24) is 4.98 Å². The molecule has 0 bridgehead atoms. The Kier molecular flexibility index (Phi) is 9.17. The monoisotopic (exact) mass is 525 g/mol. The van der Waals surface area contributed by atoms with Crippen molar-refractivity contribution >= 4 is 11.6 Å². The topological polar surface area (TPSA) is 53.4 Å². The lowest BCUT2D eigenvalue weighted by Crippen LogP contribution is -2.29. The number of alkyl halides is 3. The fraction of sp³-hybridized carbons (Fsp3) is 0.621. The Morgan fingerprint density at radius 3 is 2.14 bits per heavy atom. The fourth-order valence-corrected chi connectivity index (χ4v) is 5.55. The maximum atomic E-state index is 12.9. The first-order valence-electron chi connectivity index (χ1n) is 13.0. The molecule has 200 valence electrons. The van der Waals surface area contributed by atoms with Gasteiger partial charge in [-0.3, -0.25) is 0 Å². The van der Waals surface area contributed by atoms with Crippen LogP contribution < -0.4 is 0 Å². The third-order valence-electron chi connectivity index (χ3n) is 7.48. The number of fused-ring (bicyclic) bond motifs is 1. The molecule has 2 aliphatic rings. The molecule has 1 heterocycles. The number of halogens is 4. The van der Waals surface area contributed by atoms with Crippen molar-refractivity contribution in [2.75, 3.05) is 0 Å². The number of rotatable bonds is 4. The Bertz CT molecular complexity index is 1030. The molecule has 4 rings (SSSR count). The van der Waals surface area contributed by atoms with Crippen molar-refractivity contribution in [1.29, 1.82) is 0 Å². The van der Waals surface area contributed by atoms with E-state index in [-0.39, 0.29) is 16.5 Å². The Morgan fingerprint density at radius 2 is 1.64 bits per heavy atom. The van der Waals surface area contributed by atoms with Crippen LogP contribution in [0.1, 0.15) is 125 Å². The van der Waals surface area contributed by atoms with E-state index in [9.17, 15) is 23.4 Å². The van der Waals surface area contributed by atoms with E-state index in [1.54, 1.807) is 0 Å². The highest BCUT2D eigenvalue weighted by Crippen LogP contribution is 2.50. The molecule has 2 N–H and O–H groups in total. The minimum atomic E-state index is -4.44. The van der Waals surface area contributed by atoms with Gasteiger partial charge in [0.05, 0.1) is 11.7 Å². The van der Waals surface area contributed by atoms with Crippen LogP contribution in [0.25, 0.3) is 0 Å². The van der Waals surface area contributed by atoms with Crippen molar-refractivity contribution in [3.63, 3.8) is 0 Å². The van der Waals surface area contributed by atoms with Crippen molar-refractivity contribution in [2.45, 2.75) is 104 Å². The second-order valence-electron chi connectivity index (χ2n) is 11.5. The molecule has 0 amide bonds. The van der Waals surface area contributed by atoms with Crippen LogP contribution in [-0.2, 0) is 12.6 Å². The predicted octanol–water partition coefficient (Wildman–Crippen LogP) is 8.55. The van der Waals surface area contributed by atoms with E-state index in [0.717, 1.165) is 60.6 Å². The summed E-state index contributed by atoms with van der Waals surface area (Å²) in [4.78, 5) is 4.56. The van der Waals surface area contributed by atoms with Gasteiger partial charge in [0.15, 0.2) is 0 Å². The molecular formula is C29H39ClF3NO2. The molecular weight excluding hydrogens is 487 g/mol. The van der Waals surface area contributed by atoms with Gasteiger partial charge in [0, 0.05) is 16.8 Å². The Labute approximate surface area is 218 Å². The van der Waals surface area contributed by atoms with Gasteiger partial charge < -0.3 is 10.2 Å². The number of hydrogen-bond donors (Lipinski definition) is 2. The van der Waals surface area contributed by atoms with Crippen molar-refractivity contribution in [2.24, 2.45) is 11.3 Å². The zero-order valence-electron chi connectivity index (χ0n) is 21.9. The Hall–Kier alpha value is -1.63. The lowest BCUT2D eigenvalue weighted by atomic mass is 9.71. The summed E-state index contributed by atoms with van der Waals surface area (Å²) in [6.07, 6.45) is 0.149. The van der Waals surface area contributed by atoms with Gasteiger partial charge in [-0.1, -0.05) is 77.6 Å². The minimum absolute atomic E-state index is 0.122. The molecule has 1 aromatic carbocycles. The largest absolute Gasteiger partial charge is 0.416 e. The first-order chi connectivity index (χ1) is 16.7. The summed E-state index contributed by atoms with van der Waals surface area (Å²) in [7, 11) is 0. The highest BCUT2D eigenvalue weighted by atomic mass is 35.5. The Morgan fingerprint density at radius 1 is 1.08 bits per heavy atom. The molecule has 2 atom stereocenters. The summed E-state index contributed by atoms with van der Waals surface area (Å²) in [5, 5.41) is 22.4. The summed E-state index contributed by atoms with van der Waals surface area (Å²) < 4.78 is 38.8. The molecule has 0 aliphatic heterocycles. The fourth-order valence-electron chi connectivity index (χ4n) is 5.24. The molecule has 2 aliphatic carbocycles. The van der Waals surface area contributed by atoms with Gasteiger partial charge in [0.1, 0.15) is 11.3 Å². The van der Waals surface area contributed by atoms with Gasteiger partial charge in [0.2, 0.25) is 0 Å². The summed E-state index contributed by atoms with van der Waals surface area (Å²) in [6, 6.07) is 4.48. The molecule has 1 aromatic heterocycles. The van der Waals surface area contributed by atoms with Crippen LogP contribution in [0.15, 0.2) is 24.3 Å². The second kappa shape index (κ2) is 11.4. The summed E-state index contributed by atoms with van der Waals surface area (Å²) in [5.41, 5.74) is 2.22. The van der Waals surface area contributed by atoms with Crippen LogP contribution in [0, 0.1) is 11.3 Å². The molecule has 0 radical (unpaired) electrons. The molecule has 1 saturated carbocycles. The average molecular weight is 526 g/mol. The quantitative estimate of drug-likeness (QED) is 0.393. The molecule has 36 heavy (non-hydrogen) atoms. The summed E-state index contributed by atoms with van der Waals surface area (Å²) >= 11 is 6.60. The molecule has 2 unspecified atom stereocenters. The standard InChI is InChI=1S/C24H27ClF3NO2.C5H12/c1-23(2)11-16-19(17(30)12-23)18(13-5-3-4-6-13)20(22(25)29-16)21(31)14-7-9-15(10-8-14)24(26,27)28;1-4-5(2)3/h7-10,13,17,21,30-31H,3-6,11-12H2,1-2H3;5H,4H2,1-3H3. The maximum Gasteiger partial charge on any atom is 0.416 e. The minimum Gasteiger partial charge on any atom is -0.388 e. The second-order valence-corrected chi connectivity index (χ2v) is 11.8. The summed E-state index contributed by atoms with van der Waals surface area (Å²) in [5.74, 6) is 1.03. The third-order valence-corrected chi connectivity index (χ3v) is 7.77. The highest BCUT2D eigenvalue weighted by molar-refractivity contribution is 6.30. The van der Waals surface area contributed by atoms with E-state index in [4.69, 9.17) is 11.6 Å². The third kappa shape index (κ3) is 6.62. The van der Waals surface area contributed by atoms with Gasteiger partial charge >= 0.3 is 6.18 Å². The first kappa shape index (κ1) is 28.9. The van der Waals surface area contributed by atoms with E-state index in [1.165, 1.54) is 18.6 Å². The van der Waals surface area contributed by atoms with Gasteiger partial charge in [-0.25, -0.2) is 4.98 Å². The van der Waals surface area contributed by atoms with Crippen LogP contribution in [0.4, 0.5) is 13.2 Å². The lowest BCUT2D eigenvalue weighted by Gasteiger charge is -2.37. The van der Waals surface area contributed by atoms with Crippen molar-refractivity contribution in [3.05, 3.63) is 62.9 Å². The number of nitrogens with zero attached hydrogens (tertiary/aromatic N) is 1. The molecule has 2 aromatic rings. The van der Waals surface area contributed by atoms with Gasteiger partial charge in [-0.15, -0.1) is 0 Å². The van der Waals surface area contributed by atoms with Crippen LogP contribution in [-0.4, -0.2) is 15.2 Å². The maximum absolute atomic E-state index is 12.9. The smallest absolute Gasteiger partial charge is 0.388 e. The van der Waals surface area contributed by atoms with Gasteiger partial charge in [-0.05, 0) is 66.2 Å². The molecule has 7 heteroatoms. The molecule has 0 spiro atoms. The average Bonchev–Trinajstić information content (AvgIpc) is 3.31. The number of aliphatic hydroxyl groups excluding tert-OH is 2. The van der Waals surface area contributed by atoms with E-state index >= 15 is 0 Å². The zero-order valence-corrected chi connectivity index (χ0v) is 22.7. The number of aromatic nitrogens is 1. The van der Waals surface area contributed by atoms with Crippen molar-refractivity contribution < 1.29 is 23.4 Å². The van der Waals surface area contributed by atoms with E-state index in [1.807, 2.05) is 0 Å². The first-order valence-corrected chi connectivity index (χ1v) is 13.4. The van der Waals surface area contributed by atoms with Gasteiger partial charge in [-0.2, -0.15) is 13.2 Å². The van der Waals surface area contributed by atoms with Crippen molar-refractivity contribution in [3.8, 4) is 0 Å². The van der Waals surface area contributed by atoms with E-state index < -0.39 is 23.9 Å². The zero-order chi connectivity index (χ0) is 26.8. The predicted molar refractivity (Wildman–Crippen MR) is 138 cm³/mol. The Balaban J connectivity index is 0.000000658. The number of aliphatic hydroxyl groups is 2. The number of benzene rings is 1. The number of pyridine rings is 1. The van der Waals surface area contributed by atoms with Gasteiger partial charge in [0.25, 0.3) is 0 Å². The SMILES string of the molecule is CC1(C)Cc2nc(Cl)c(C(O)c3ccc(C(F)(F)F)cc3)c(C3CCCC3)c2C(O)C1.CCC(C)C. The van der Waals surface area contributed by atoms with E-state index in [2.05, 4.69) is 39.6 Å². The molecule has 1 fully saturated rings. The normalized spacial score (nSPS) is 20.6. The lowest BCUT2D eigenvalue weighted by molar-refractivity contribution is -0.137. The molecule has 3 nitrogen and oxygen atoms in total.